The number of aliphatic hydroxyl groups is 1. The molecule has 0 amide bonds. The Labute approximate surface area is 76.9 Å². The minimum Gasteiger partial charge on any atom is -0.496 e. The van der Waals surface area contributed by atoms with Gasteiger partial charge in [0.2, 0.25) is 0 Å². The first-order valence-electron chi connectivity index (χ1n) is 3.84. The Bertz CT molecular complexity index is 299. The quantitative estimate of drug-likeness (QED) is 0.679. The van der Waals surface area contributed by atoms with Gasteiger partial charge in [0.25, 0.3) is 0 Å². The molecule has 0 saturated carbocycles. The number of benzene rings is 1. The number of hydrogen-bond donors (Lipinski definition) is 2. The van der Waals surface area contributed by atoms with E-state index < -0.39 is 0 Å². The third-order valence-electron chi connectivity index (χ3n) is 1.80. The van der Waals surface area contributed by atoms with E-state index >= 15 is 0 Å². The van der Waals surface area contributed by atoms with E-state index in [1.807, 2.05) is 0 Å². The fraction of sp³-hybridized carbons (Fsp3) is 0.333. The highest BCUT2D eigenvalue weighted by molar-refractivity contribution is 5.59. The van der Waals surface area contributed by atoms with Gasteiger partial charge in [0.15, 0.2) is 0 Å². The molecule has 1 rings (SSSR count). The van der Waals surface area contributed by atoms with E-state index in [0.717, 1.165) is 0 Å². The standard InChI is InChI=1S/C9H13NO3/c1-12-8-4-9(13-2)7(10)3-6(8)5-11/h3-4,11H,5,10H2,1-2H3. The molecule has 4 nitrogen and oxygen atoms in total. The van der Waals surface area contributed by atoms with Crippen molar-refractivity contribution >= 4 is 5.69 Å². The number of aliphatic hydroxyl groups excluding tert-OH is 1. The van der Waals surface area contributed by atoms with Crippen LogP contribution in [0.25, 0.3) is 0 Å². The van der Waals surface area contributed by atoms with Crippen molar-refractivity contribution in [2.75, 3.05) is 20.0 Å². The van der Waals surface area contributed by atoms with E-state index in [4.69, 9.17) is 20.3 Å². The van der Waals surface area contributed by atoms with E-state index in [1.165, 1.54) is 14.2 Å². The van der Waals surface area contributed by atoms with Crippen molar-refractivity contribution in [3.05, 3.63) is 17.7 Å². The van der Waals surface area contributed by atoms with Gasteiger partial charge in [-0.15, -0.1) is 0 Å². The zero-order chi connectivity index (χ0) is 9.84. The molecule has 72 valence electrons. The van der Waals surface area contributed by atoms with Crippen LogP contribution in [0, 0.1) is 0 Å². The summed E-state index contributed by atoms with van der Waals surface area (Å²) >= 11 is 0. The van der Waals surface area contributed by atoms with E-state index in [1.54, 1.807) is 12.1 Å². The summed E-state index contributed by atoms with van der Waals surface area (Å²) in [5, 5.41) is 8.96. The molecule has 0 aliphatic heterocycles. The molecule has 1 aromatic carbocycles. The van der Waals surface area contributed by atoms with Crippen molar-refractivity contribution < 1.29 is 14.6 Å². The Morgan fingerprint density at radius 2 is 1.85 bits per heavy atom. The van der Waals surface area contributed by atoms with E-state index in [2.05, 4.69) is 0 Å². The number of rotatable bonds is 3. The molecule has 3 N–H and O–H groups in total. The lowest BCUT2D eigenvalue weighted by Gasteiger charge is -2.10. The number of nitrogens with two attached hydrogens (primary N) is 1. The molecule has 0 unspecified atom stereocenters. The van der Waals surface area contributed by atoms with Crippen LogP contribution in [0.15, 0.2) is 12.1 Å². The lowest BCUT2D eigenvalue weighted by molar-refractivity contribution is 0.273. The van der Waals surface area contributed by atoms with Gasteiger partial charge in [-0.25, -0.2) is 0 Å². The van der Waals surface area contributed by atoms with Crippen molar-refractivity contribution in [1.29, 1.82) is 0 Å². The van der Waals surface area contributed by atoms with Gasteiger partial charge in [-0.1, -0.05) is 0 Å². The fourth-order valence-electron chi connectivity index (χ4n) is 1.12. The predicted octanol–water partition coefficient (Wildman–Crippen LogP) is 0.778. The van der Waals surface area contributed by atoms with Crippen molar-refractivity contribution in [3.8, 4) is 11.5 Å². The predicted molar refractivity (Wildman–Crippen MR) is 49.9 cm³/mol. The van der Waals surface area contributed by atoms with Crippen LogP contribution in [0.2, 0.25) is 0 Å². The van der Waals surface area contributed by atoms with E-state index in [-0.39, 0.29) is 6.61 Å². The largest absolute Gasteiger partial charge is 0.496 e. The molecule has 0 atom stereocenters. The maximum absolute atomic E-state index is 8.96. The number of nitrogen functional groups attached to an aromatic ring is 1. The zero-order valence-corrected chi connectivity index (χ0v) is 7.70. The Kier molecular flexibility index (Phi) is 2.97. The SMILES string of the molecule is COc1cc(OC)c(CO)cc1N. The molecular formula is C9H13NO3. The number of methoxy groups -OCH3 is 2. The average Bonchev–Trinajstić information content (AvgIpc) is 2.17. The topological polar surface area (TPSA) is 64.7 Å². The lowest BCUT2D eigenvalue weighted by atomic mass is 10.1. The summed E-state index contributed by atoms with van der Waals surface area (Å²) < 4.78 is 10.0. The van der Waals surface area contributed by atoms with Crippen LogP contribution in [0.5, 0.6) is 11.5 Å². The maximum atomic E-state index is 8.96. The van der Waals surface area contributed by atoms with Crippen LogP contribution >= 0.6 is 0 Å². The molecule has 0 heterocycles. The summed E-state index contributed by atoms with van der Waals surface area (Å²) in [7, 11) is 3.06. The second-order valence-electron chi connectivity index (χ2n) is 2.56. The third kappa shape index (κ3) is 1.84. The minimum absolute atomic E-state index is 0.0998. The lowest BCUT2D eigenvalue weighted by Crippen LogP contribution is -1.98. The van der Waals surface area contributed by atoms with Gasteiger partial charge >= 0.3 is 0 Å². The van der Waals surface area contributed by atoms with Crippen molar-refractivity contribution in [2.24, 2.45) is 0 Å². The first kappa shape index (κ1) is 9.67. The first-order valence-corrected chi connectivity index (χ1v) is 3.84. The molecule has 0 saturated heterocycles. The van der Waals surface area contributed by atoms with Crippen LogP contribution in [0.1, 0.15) is 5.56 Å². The van der Waals surface area contributed by atoms with Gasteiger partial charge in [0, 0.05) is 11.6 Å². The molecule has 0 aromatic heterocycles. The fourth-order valence-corrected chi connectivity index (χ4v) is 1.12. The molecule has 4 heteroatoms. The van der Waals surface area contributed by atoms with Crippen LogP contribution in [0.4, 0.5) is 5.69 Å². The van der Waals surface area contributed by atoms with Crippen LogP contribution in [-0.4, -0.2) is 19.3 Å². The summed E-state index contributed by atoms with van der Waals surface area (Å²) in [5.74, 6) is 1.13. The highest BCUT2D eigenvalue weighted by Crippen LogP contribution is 2.30. The average molecular weight is 183 g/mol. The number of anilines is 1. The van der Waals surface area contributed by atoms with Gasteiger partial charge in [0.1, 0.15) is 11.5 Å². The van der Waals surface area contributed by atoms with Gasteiger partial charge in [0.05, 0.1) is 26.5 Å². The Hall–Kier alpha value is -1.42. The summed E-state index contributed by atoms with van der Waals surface area (Å²) in [4.78, 5) is 0. The summed E-state index contributed by atoms with van der Waals surface area (Å²) in [6, 6.07) is 3.29. The van der Waals surface area contributed by atoms with Crippen molar-refractivity contribution in [3.63, 3.8) is 0 Å². The second-order valence-corrected chi connectivity index (χ2v) is 2.56. The smallest absolute Gasteiger partial charge is 0.145 e. The molecule has 0 aliphatic carbocycles. The molecule has 0 bridgehead atoms. The summed E-state index contributed by atoms with van der Waals surface area (Å²) in [5.41, 5.74) is 6.79. The molecule has 0 spiro atoms. The summed E-state index contributed by atoms with van der Waals surface area (Å²) in [6.45, 7) is -0.0998. The first-order chi connectivity index (χ1) is 6.22. The maximum Gasteiger partial charge on any atom is 0.145 e. The molecule has 1 aromatic rings. The molecular weight excluding hydrogens is 170 g/mol. The normalized spacial score (nSPS) is 9.77. The Morgan fingerprint density at radius 3 is 2.31 bits per heavy atom. The highest BCUT2D eigenvalue weighted by Gasteiger charge is 2.07. The van der Waals surface area contributed by atoms with Crippen molar-refractivity contribution in [1.82, 2.24) is 0 Å². The Balaban J connectivity index is 3.18. The van der Waals surface area contributed by atoms with Gasteiger partial charge in [-0.05, 0) is 6.07 Å². The Morgan fingerprint density at radius 1 is 1.23 bits per heavy atom. The zero-order valence-electron chi connectivity index (χ0n) is 7.70. The highest BCUT2D eigenvalue weighted by atomic mass is 16.5. The summed E-state index contributed by atoms with van der Waals surface area (Å²) in [6.07, 6.45) is 0. The van der Waals surface area contributed by atoms with Crippen LogP contribution in [-0.2, 0) is 6.61 Å². The van der Waals surface area contributed by atoms with Gasteiger partial charge in [-0.3, -0.25) is 0 Å². The van der Waals surface area contributed by atoms with Gasteiger partial charge < -0.3 is 20.3 Å². The van der Waals surface area contributed by atoms with Crippen LogP contribution < -0.4 is 15.2 Å². The van der Waals surface area contributed by atoms with E-state index in [9.17, 15) is 0 Å². The number of ether oxygens (including phenoxy) is 2. The molecule has 0 radical (unpaired) electrons. The molecule has 13 heavy (non-hydrogen) atoms. The monoisotopic (exact) mass is 183 g/mol. The molecule has 0 fully saturated rings. The van der Waals surface area contributed by atoms with Crippen molar-refractivity contribution in [2.45, 2.75) is 6.61 Å². The third-order valence-corrected chi connectivity index (χ3v) is 1.80. The minimum atomic E-state index is -0.0998. The van der Waals surface area contributed by atoms with Gasteiger partial charge in [-0.2, -0.15) is 0 Å². The second kappa shape index (κ2) is 4.00. The molecule has 0 aliphatic rings. The van der Waals surface area contributed by atoms with E-state index in [0.29, 0.717) is 22.7 Å². The number of hydrogen-bond acceptors (Lipinski definition) is 4. The van der Waals surface area contributed by atoms with Crippen LogP contribution in [0.3, 0.4) is 0 Å².